The Morgan fingerprint density at radius 2 is 2.30 bits per heavy atom. The van der Waals surface area contributed by atoms with Crippen molar-refractivity contribution in [3.8, 4) is 0 Å². The summed E-state index contributed by atoms with van der Waals surface area (Å²) in [6, 6.07) is 5.50. The molecule has 1 aromatic heterocycles. The molecule has 1 amide bonds. The molecule has 0 aliphatic carbocycles. The Hall–Kier alpha value is -1.66. The summed E-state index contributed by atoms with van der Waals surface area (Å²) < 4.78 is 4.89. The van der Waals surface area contributed by atoms with Crippen molar-refractivity contribution < 1.29 is 9.53 Å². The summed E-state index contributed by atoms with van der Waals surface area (Å²) in [4.78, 5) is 18.4. The summed E-state index contributed by atoms with van der Waals surface area (Å²) in [6.45, 7) is 2.03. The quantitative estimate of drug-likeness (QED) is 0.801. The molecule has 0 aromatic carbocycles. The summed E-state index contributed by atoms with van der Waals surface area (Å²) in [7, 11) is 1.54. The largest absolute Gasteiger partial charge is 0.383 e. The number of ether oxygens (including phenoxy) is 1. The standard InChI is InChI=1S/C14H22N4O2/c1-20-10-12(15)14(19)17-11-5-8-18(9-6-11)13-4-2-3-7-16-13/h2-4,7,11-12H,5-6,8-10,15H2,1H3,(H,17,19). The zero-order valence-electron chi connectivity index (χ0n) is 11.8. The van der Waals surface area contributed by atoms with Crippen LogP contribution in [0.1, 0.15) is 12.8 Å². The lowest BCUT2D eigenvalue weighted by Crippen LogP contribution is -2.51. The van der Waals surface area contributed by atoms with Crippen LogP contribution in [0.25, 0.3) is 0 Å². The Balaban J connectivity index is 1.78. The van der Waals surface area contributed by atoms with Crippen LogP contribution in [-0.2, 0) is 9.53 Å². The maximum absolute atomic E-state index is 11.8. The number of nitrogens with one attached hydrogen (secondary N) is 1. The van der Waals surface area contributed by atoms with Crippen LogP contribution >= 0.6 is 0 Å². The number of methoxy groups -OCH3 is 1. The molecule has 6 nitrogen and oxygen atoms in total. The average molecular weight is 278 g/mol. The number of anilines is 1. The van der Waals surface area contributed by atoms with Crippen LogP contribution in [0.3, 0.4) is 0 Å². The molecule has 0 spiro atoms. The minimum Gasteiger partial charge on any atom is -0.383 e. The van der Waals surface area contributed by atoms with Gasteiger partial charge in [-0.3, -0.25) is 4.79 Å². The van der Waals surface area contributed by atoms with Crippen molar-refractivity contribution in [3.63, 3.8) is 0 Å². The van der Waals surface area contributed by atoms with Gasteiger partial charge >= 0.3 is 0 Å². The minimum atomic E-state index is -0.589. The number of carbonyl (C=O) groups is 1. The van der Waals surface area contributed by atoms with E-state index in [1.807, 2.05) is 18.2 Å². The van der Waals surface area contributed by atoms with Gasteiger partial charge in [0.2, 0.25) is 5.91 Å². The van der Waals surface area contributed by atoms with Gasteiger partial charge in [0.1, 0.15) is 11.9 Å². The number of aromatic nitrogens is 1. The van der Waals surface area contributed by atoms with Crippen molar-refractivity contribution in [1.29, 1.82) is 0 Å². The fourth-order valence-electron chi connectivity index (χ4n) is 2.36. The molecule has 0 saturated carbocycles. The lowest BCUT2D eigenvalue weighted by atomic mass is 10.0. The van der Waals surface area contributed by atoms with Crippen molar-refractivity contribution >= 4 is 11.7 Å². The van der Waals surface area contributed by atoms with Crippen LogP contribution in [0.5, 0.6) is 0 Å². The second-order valence-corrected chi connectivity index (χ2v) is 5.02. The third-order valence-electron chi connectivity index (χ3n) is 3.50. The Kier molecular flexibility index (Phi) is 5.31. The normalized spacial score (nSPS) is 17.8. The number of nitrogens with two attached hydrogens (primary N) is 1. The van der Waals surface area contributed by atoms with E-state index in [2.05, 4.69) is 15.2 Å². The Morgan fingerprint density at radius 3 is 2.90 bits per heavy atom. The van der Waals surface area contributed by atoms with Gasteiger partial charge in [0, 0.05) is 32.4 Å². The van der Waals surface area contributed by atoms with Gasteiger partial charge in [-0.25, -0.2) is 4.98 Å². The van der Waals surface area contributed by atoms with Crippen LogP contribution in [0.15, 0.2) is 24.4 Å². The van der Waals surface area contributed by atoms with E-state index in [-0.39, 0.29) is 18.6 Å². The first-order valence-electron chi connectivity index (χ1n) is 6.91. The molecule has 1 fully saturated rings. The molecule has 1 aromatic rings. The minimum absolute atomic E-state index is 0.136. The summed E-state index contributed by atoms with van der Waals surface area (Å²) in [5.74, 6) is 0.858. The van der Waals surface area contributed by atoms with Crippen molar-refractivity contribution in [3.05, 3.63) is 24.4 Å². The highest BCUT2D eigenvalue weighted by molar-refractivity contribution is 5.81. The molecule has 1 atom stereocenters. The van der Waals surface area contributed by atoms with E-state index in [9.17, 15) is 4.79 Å². The smallest absolute Gasteiger partial charge is 0.239 e. The molecule has 3 N–H and O–H groups in total. The molecule has 0 bridgehead atoms. The number of rotatable bonds is 5. The second-order valence-electron chi connectivity index (χ2n) is 5.02. The first-order chi connectivity index (χ1) is 9.70. The van der Waals surface area contributed by atoms with Crippen molar-refractivity contribution in [2.45, 2.75) is 24.9 Å². The van der Waals surface area contributed by atoms with Crippen LogP contribution in [0.2, 0.25) is 0 Å². The van der Waals surface area contributed by atoms with E-state index < -0.39 is 6.04 Å². The first kappa shape index (κ1) is 14.7. The molecule has 110 valence electrons. The van der Waals surface area contributed by atoms with E-state index in [0.29, 0.717) is 0 Å². The van der Waals surface area contributed by atoms with Crippen molar-refractivity contribution in [1.82, 2.24) is 10.3 Å². The first-order valence-corrected chi connectivity index (χ1v) is 6.91. The van der Waals surface area contributed by atoms with E-state index in [1.54, 1.807) is 13.3 Å². The fourth-order valence-corrected chi connectivity index (χ4v) is 2.36. The van der Waals surface area contributed by atoms with Gasteiger partial charge < -0.3 is 20.7 Å². The Morgan fingerprint density at radius 1 is 1.55 bits per heavy atom. The van der Waals surface area contributed by atoms with Gasteiger partial charge in [-0.15, -0.1) is 0 Å². The molecule has 2 heterocycles. The van der Waals surface area contributed by atoms with Crippen LogP contribution in [-0.4, -0.2) is 49.8 Å². The average Bonchev–Trinajstić information content (AvgIpc) is 2.49. The van der Waals surface area contributed by atoms with Gasteiger partial charge in [-0.2, -0.15) is 0 Å². The molecule has 2 rings (SSSR count). The van der Waals surface area contributed by atoms with Crippen LogP contribution < -0.4 is 16.0 Å². The van der Waals surface area contributed by atoms with Crippen molar-refractivity contribution in [2.75, 3.05) is 31.7 Å². The number of amides is 1. The Bertz CT molecular complexity index is 418. The van der Waals surface area contributed by atoms with Gasteiger partial charge in [-0.1, -0.05) is 6.07 Å². The SMILES string of the molecule is COCC(N)C(=O)NC1CCN(c2ccccn2)CC1. The molecule has 6 heteroatoms. The van der Waals surface area contributed by atoms with E-state index in [4.69, 9.17) is 10.5 Å². The predicted molar refractivity (Wildman–Crippen MR) is 77.5 cm³/mol. The molecular weight excluding hydrogens is 256 g/mol. The number of hydrogen-bond donors (Lipinski definition) is 2. The molecule has 1 saturated heterocycles. The fraction of sp³-hybridized carbons (Fsp3) is 0.571. The second kappa shape index (κ2) is 7.21. The zero-order chi connectivity index (χ0) is 14.4. The summed E-state index contributed by atoms with van der Waals surface area (Å²) in [6.07, 6.45) is 3.61. The van der Waals surface area contributed by atoms with Gasteiger partial charge in [0.05, 0.1) is 6.61 Å². The molecule has 0 radical (unpaired) electrons. The highest BCUT2D eigenvalue weighted by Crippen LogP contribution is 2.17. The highest BCUT2D eigenvalue weighted by atomic mass is 16.5. The van der Waals surface area contributed by atoms with Crippen LogP contribution in [0, 0.1) is 0 Å². The summed E-state index contributed by atoms with van der Waals surface area (Å²) in [5.41, 5.74) is 5.71. The third-order valence-corrected chi connectivity index (χ3v) is 3.50. The molecule has 1 aliphatic heterocycles. The highest BCUT2D eigenvalue weighted by Gasteiger charge is 2.23. The monoisotopic (exact) mass is 278 g/mol. The van der Waals surface area contributed by atoms with E-state index >= 15 is 0 Å². The number of hydrogen-bond acceptors (Lipinski definition) is 5. The van der Waals surface area contributed by atoms with Gasteiger partial charge in [-0.05, 0) is 25.0 Å². The van der Waals surface area contributed by atoms with Gasteiger partial charge in [0.25, 0.3) is 0 Å². The number of carbonyl (C=O) groups excluding carboxylic acids is 1. The number of piperidine rings is 1. The lowest BCUT2D eigenvalue weighted by molar-refractivity contribution is -0.124. The van der Waals surface area contributed by atoms with Crippen LogP contribution in [0.4, 0.5) is 5.82 Å². The maximum atomic E-state index is 11.8. The van der Waals surface area contributed by atoms with E-state index in [0.717, 1.165) is 31.7 Å². The lowest BCUT2D eigenvalue weighted by Gasteiger charge is -2.33. The summed E-state index contributed by atoms with van der Waals surface area (Å²) in [5, 5.41) is 2.98. The van der Waals surface area contributed by atoms with Crippen molar-refractivity contribution in [2.24, 2.45) is 5.73 Å². The summed E-state index contributed by atoms with van der Waals surface area (Å²) >= 11 is 0. The Labute approximate surface area is 119 Å². The molecule has 20 heavy (non-hydrogen) atoms. The topological polar surface area (TPSA) is 80.5 Å². The third kappa shape index (κ3) is 3.91. The van der Waals surface area contributed by atoms with Gasteiger partial charge in [0.15, 0.2) is 0 Å². The molecule has 1 aliphatic rings. The molecule has 1 unspecified atom stereocenters. The number of pyridine rings is 1. The molecular formula is C14H22N4O2. The maximum Gasteiger partial charge on any atom is 0.239 e. The number of nitrogens with zero attached hydrogens (tertiary/aromatic N) is 2. The van der Waals surface area contributed by atoms with E-state index in [1.165, 1.54) is 0 Å². The zero-order valence-corrected chi connectivity index (χ0v) is 11.8. The predicted octanol–water partition coefficient (Wildman–Crippen LogP) is 0.140.